The molecule has 35 heavy (non-hydrogen) atoms. The van der Waals surface area contributed by atoms with Crippen LogP contribution in [-0.4, -0.2) is 67.5 Å². The number of aromatic nitrogens is 2. The van der Waals surface area contributed by atoms with E-state index in [-0.39, 0.29) is 30.2 Å². The zero-order valence-electron chi connectivity index (χ0n) is 19.5. The molecular weight excluding hydrogens is 444 g/mol. The predicted octanol–water partition coefficient (Wildman–Crippen LogP) is 2.46. The molecule has 9 heteroatoms. The van der Waals surface area contributed by atoms with E-state index in [1.54, 1.807) is 24.4 Å². The number of carbonyl (C=O) groups is 1. The quantitative estimate of drug-likeness (QED) is 0.565. The first kappa shape index (κ1) is 22.8. The average Bonchev–Trinajstić information content (AvgIpc) is 3.47. The Balaban J connectivity index is 1.22. The highest BCUT2D eigenvalue weighted by Gasteiger charge is 2.48. The normalized spacial score (nSPS) is 22.8. The molecule has 1 amide bonds. The summed E-state index contributed by atoms with van der Waals surface area (Å²) >= 11 is 0. The first-order valence-corrected chi connectivity index (χ1v) is 11.4. The maximum Gasteiger partial charge on any atom is 0.251 e. The van der Waals surface area contributed by atoms with E-state index in [0.717, 1.165) is 11.3 Å². The molecule has 3 heterocycles. The topological polar surface area (TPSA) is 112 Å². The Morgan fingerprint density at radius 2 is 1.80 bits per heavy atom. The number of amides is 1. The van der Waals surface area contributed by atoms with Crippen molar-refractivity contribution in [2.24, 2.45) is 0 Å². The fourth-order valence-electron chi connectivity index (χ4n) is 4.41. The number of hydrogen-bond acceptors (Lipinski definition) is 8. The molecule has 178 valence electrons. The predicted molar refractivity (Wildman–Crippen MR) is 131 cm³/mol. The lowest BCUT2D eigenvalue weighted by Crippen LogP contribution is -2.44. The number of nitriles is 1. The monoisotopic (exact) mass is 470 g/mol. The summed E-state index contributed by atoms with van der Waals surface area (Å²) in [7, 11) is 3.92. The van der Waals surface area contributed by atoms with E-state index in [9.17, 15) is 4.79 Å². The third kappa shape index (κ3) is 4.80. The zero-order valence-corrected chi connectivity index (χ0v) is 19.5. The molecule has 3 aromatic rings. The van der Waals surface area contributed by atoms with Crippen LogP contribution in [0, 0.1) is 11.3 Å². The van der Waals surface area contributed by atoms with Crippen molar-refractivity contribution < 1.29 is 14.3 Å². The van der Waals surface area contributed by atoms with Gasteiger partial charge in [0, 0.05) is 37.1 Å². The van der Waals surface area contributed by atoms with Crippen LogP contribution in [0.25, 0.3) is 11.3 Å². The number of ether oxygens (including phenoxy) is 2. The number of carbonyl (C=O) groups excluding carboxylic acids is 1. The second kappa shape index (κ2) is 9.70. The van der Waals surface area contributed by atoms with Crippen LogP contribution in [-0.2, 0) is 9.47 Å². The molecule has 4 atom stereocenters. The van der Waals surface area contributed by atoms with Gasteiger partial charge in [0.05, 0.1) is 42.6 Å². The van der Waals surface area contributed by atoms with E-state index in [0.29, 0.717) is 36.0 Å². The van der Waals surface area contributed by atoms with Crippen LogP contribution < -0.4 is 15.5 Å². The summed E-state index contributed by atoms with van der Waals surface area (Å²) in [6, 6.07) is 18.3. The number of nitrogens with one attached hydrogen (secondary N) is 2. The molecule has 1 aromatic heterocycles. The van der Waals surface area contributed by atoms with Crippen molar-refractivity contribution in [2.45, 2.75) is 24.3 Å². The molecule has 2 saturated heterocycles. The van der Waals surface area contributed by atoms with Crippen molar-refractivity contribution in [2.75, 3.05) is 37.5 Å². The van der Waals surface area contributed by atoms with Gasteiger partial charge >= 0.3 is 0 Å². The van der Waals surface area contributed by atoms with E-state index >= 15 is 0 Å². The summed E-state index contributed by atoms with van der Waals surface area (Å²) in [4.78, 5) is 23.7. The van der Waals surface area contributed by atoms with Gasteiger partial charge in [0.25, 0.3) is 5.91 Å². The van der Waals surface area contributed by atoms with Gasteiger partial charge in [0.1, 0.15) is 12.2 Å². The molecule has 2 fully saturated rings. The van der Waals surface area contributed by atoms with Crippen molar-refractivity contribution >= 4 is 17.5 Å². The van der Waals surface area contributed by atoms with Crippen LogP contribution in [0.4, 0.5) is 11.6 Å². The summed E-state index contributed by atoms with van der Waals surface area (Å²) in [5.74, 6) is 0.302. The first-order chi connectivity index (χ1) is 17.0. The minimum absolute atomic E-state index is 0.151. The Labute approximate surface area is 203 Å². The Morgan fingerprint density at radius 3 is 2.54 bits per heavy atom. The molecular formula is C26H26N6O3. The fourth-order valence-corrected chi connectivity index (χ4v) is 4.41. The number of anilines is 2. The van der Waals surface area contributed by atoms with Crippen molar-refractivity contribution in [3.05, 3.63) is 71.9 Å². The number of nitrogens with zero attached hydrogens (tertiary/aromatic N) is 4. The summed E-state index contributed by atoms with van der Waals surface area (Å²) in [5, 5.41) is 15.5. The molecule has 4 unspecified atom stereocenters. The minimum Gasteiger partial charge on any atom is -0.378 e. The van der Waals surface area contributed by atoms with Crippen molar-refractivity contribution in [3.63, 3.8) is 0 Å². The fraction of sp³-hybridized carbons (Fsp3) is 0.308. The summed E-state index contributed by atoms with van der Waals surface area (Å²) < 4.78 is 12.0. The van der Waals surface area contributed by atoms with E-state index < -0.39 is 0 Å². The lowest BCUT2D eigenvalue weighted by atomic mass is 10.1. The zero-order chi connectivity index (χ0) is 24.4. The Kier molecular flexibility index (Phi) is 6.31. The smallest absolute Gasteiger partial charge is 0.251 e. The number of hydrogen-bond donors (Lipinski definition) is 2. The van der Waals surface area contributed by atoms with Crippen molar-refractivity contribution in [3.8, 4) is 17.3 Å². The maximum atomic E-state index is 12.8. The highest BCUT2D eigenvalue weighted by Crippen LogP contribution is 2.29. The van der Waals surface area contributed by atoms with Crippen LogP contribution >= 0.6 is 0 Å². The molecule has 0 spiro atoms. The maximum absolute atomic E-state index is 12.8. The van der Waals surface area contributed by atoms with E-state index in [2.05, 4.69) is 26.7 Å². The van der Waals surface area contributed by atoms with Crippen LogP contribution in [0.1, 0.15) is 15.9 Å². The van der Waals surface area contributed by atoms with Crippen LogP contribution in [0.5, 0.6) is 0 Å². The van der Waals surface area contributed by atoms with Gasteiger partial charge < -0.3 is 25.0 Å². The van der Waals surface area contributed by atoms with Crippen LogP contribution in [0.2, 0.25) is 0 Å². The lowest BCUT2D eigenvalue weighted by Gasteiger charge is -2.19. The highest BCUT2D eigenvalue weighted by atomic mass is 16.6. The molecule has 0 aliphatic carbocycles. The van der Waals surface area contributed by atoms with Crippen LogP contribution in [0.3, 0.4) is 0 Å². The third-order valence-electron chi connectivity index (χ3n) is 6.27. The molecule has 2 aromatic carbocycles. The minimum atomic E-state index is -0.256. The van der Waals surface area contributed by atoms with E-state index in [1.165, 1.54) is 0 Å². The Morgan fingerprint density at radius 1 is 1.06 bits per heavy atom. The van der Waals surface area contributed by atoms with Gasteiger partial charge in [-0.25, -0.2) is 9.97 Å². The molecule has 2 N–H and O–H groups in total. The second-order valence-corrected chi connectivity index (χ2v) is 8.83. The largest absolute Gasteiger partial charge is 0.378 e. The second-order valence-electron chi connectivity index (χ2n) is 8.83. The molecule has 2 aliphatic rings. The molecule has 0 saturated carbocycles. The van der Waals surface area contributed by atoms with Gasteiger partial charge in [0.2, 0.25) is 5.95 Å². The number of fused-ring (bicyclic) bond motifs is 1. The van der Waals surface area contributed by atoms with Gasteiger partial charge in [-0.15, -0.1) is 0 Å². The molecule has 0 radical (unpaired) electrons. The lowest BCUT2D eigenvalue weighted by molar-refractivity contribution is 0.0652. The van der Waals surface area contributed by atoms with E-state index in [1.807, 2.05) is 55.4 Å². The Hall–Kier alpha value is -4.00. The standard InChI is InChI=1S/C26H26N6O3/c1-32(2)19-8-6-17(7-9-19)25(33)29-21-14-34-24-22(15-35-23(21)24)31-26-28-11-10-20(30-26)18-5-3-4-16(12-18)13-27/h3-12,21-24H,14-15H2,1-2H3,(H,29,33)(H,28,30,31). The van der Waals surface area contributed by atoms with Gasteiger partial charge in [-0.3, -0.25) is 4.79 Å². The third-order valence-corrected chi connectivity index (χ3v) is 6.27. The van der Waals surface area contributed by atoms with Crippen LogP contribution in [0.15, 0.2) is 60.8 Å². The van der Waals surface area contributed by atoms with Gasteiger partial charge in [-0.1, -0.05) is 12.1 Å². The van der Waals surface area contributed by atoms with Gasteiger partial charge in [-0.05, 0) is 42.5 Å². The molecule has 9 nitrogen and oxygen atoms in total. The van der Waals surface area contributed by atoms with Gasteiger partial charge in [-0.2, -0.15) is 5.26 Å². The van der Waals surface area contributed by atoms with E-state index in [4.69, 9.17) is 14.7 Å². The summed E-state index contributed by atoms with van der Waals surface area (Å²) in [6.07, 6.45) is 1.19. The van der Waals surface area contributed by atoms with Crippen molar-refractivity contribution in [1.82, 2.24) is 15.3 Å². The Bertz CT molecular complexity index is 1260. The summed E-state index contributed by atoms with van der Waals surface area (Å²) in [6.45, 7) is 0.785. The number of rotatable bonds is 6. The van der Waals surface area contributed by atoms with Crippen molar-refractivity contribution in [1.29, 1.82) is 5.26 Å². The number of benzene rings is 2. The summed E-state index contributed by atoms with van der Waals surface area (Å²) in [5.41, 5.74) is 3.76. The first-order valence-electron chi connectivity index (χ1n) is 11.4. The molecule has 5 rings (SSSR count). The SMILES string of the molecule is CN(C)c1ccc(C(=O)NC2COC3C(Nc4nccc(-c5cccc(C#N)c5)n4)COC23)cc1. The average molecular weight is 471 g/mol. The molecule has 0 bridgehead atoms. The molecule has 2 aliphatic heterocycles. The highest BCUT2D eigenvalue weighted by molar-refractivity contribution is 5.94. The van der Waals surface area contributed by atoms with Gasteiger partial charge in [0.15, 0.2) is 0 Å².